The van der Waals surface area contributed by atoms with Crippen molar-refractivity contribution < 1.29 is 0 Å². The molecule has 0 spiro atoms. The van der Waals surface area contributed by atoms with Gasteiger partial charge in [0, 0.05) is 18.0 Å². The first-order valence-electron chi connectivity index (χ1n) is 7.68. The van der Waals surface area contributed by atoms with Gasteiger partial charge in [0.05, 0.1) is 0 Å². The molecule has 0 aromatic heterocycles. The first-order valence-corrected chi connectivity index (χ1v) is 7.68. The van der Waals surface area contributed by atoms with Gasteiger partial charge in [-0.2, -0.15) is 0 Å². The van der Waals surface area contributed by atoms with E-state index in [1.165, 1.54) is 30.5 Å². The average Bonchev–Trinajstić information content (AvgIpc) is 2.97. The molecule has 1 saturated heterocycles. The Labute approximate surface area is 137 Å². The maximum Gasteiger partial charge on any atom is 0.0352 e. The predicted octanol–water partition coefficient (Wildman–Crippen LogP) is 4.72. The van der Waals surface area contributed by atoms with E-state index in [1.807, 2.05) is 0 Å². The van der Waals surface area contributed by atoms with E-state index in [0.29, 0.717) is 6.04 Å². The molecule has 0 bridgehead atoms. The molecule has 2 heterocycles. The van der Waals surface area contributed by atoms with Crippen LogP contribution in [0.25, 0.3) is 0 Å². The number of halogens is 1. The molecule has 2 heteroatoms. The fourth-order valence-electron chi connectivity index (χ4n) is 4.20. The van der Waals surface area contributed by atoms with Gasteiger partial charge in [-0.25, -0.2) is 0 Å². The number of rotatable bonds is 1. The topological polar surface area (TPSA) is 3.24 Å². The number of fused-ring (bicyclic) bond motifs is 3. The fourth-order valence-corrected chi connectivity index (χ4v) is 4.20. The SMILES string of the molecule is Br.C[C@@]1(c2ccccc2)CN2CCC[C@H]2c2ccccc21. The highest BCUT2D eigenvalue weighted by molar-refractivity contribution is 8.93. The van der Waals surface area contributed by atoms with Crippen molar-refractivity contribution in [3.05, 3.63) is 71.3 Å². The second-order valence-electron chi connectivity index (χ2n) is 6.41. The van der Waals surface area contributed by atoms with Crippen LogP contribution < -0.4 is 0 Å². The maximum absolute atomic E-state index is 2.69. The molecule has 1 nitrogen and oxygen atoms in total. The third-order valence-electron chi connectivity index (χ3n) is 5.21. The normalized spacial score (nSPS) is 27.6. The van der Waals surface area contributed by atoms with Crippen LogP contribution >= 0.6 is 17.0 Å². The Kier molecular flexibility index (Phi) is 3.94. The van der Waals surface area contributed by atoms with Crippen LogP contribution in [0.2, 0.25) is 0 Å². The largest absolute Gasteiger partial charge is 0.295 e. The molecule has 1 fully saturated rings. The van der Waals surface area contributed by atoms with Gasteiger partial charge < -0.3 is 0 Å². The van der Waals surface area contributed by atoms with E-state index in [9.17, 15) is 0 Å². The molecular weight excluding hydrogens is 322 g/mol. The Balaban J connectivity index is 0.00000132. The van der Waals surface area contributed by atoms with Gasteiger partial charge in [-0.3, -0.25) is 4.90 Å². The number of benzene rings is 2. The van der Waals surface area contributed by atoms with Crippen molar-refractivity contribution in [2.24, 2.45) is 0 Å². The Bertz CT molecular complexity index is 624. The predicted molar refractivity (Wildman–Crippen MR) is 93.2 cm³/mol. The second kappa shape index (κ2) is 5.58. The lowest BCUT2D eigenvalue weighted by Gasteiger charge is -2.44. The van der Waals surface area contributed by atoms with Crippen molar-refractivity contribution in [2.45, 2.75) is 31.2 Å². The quantitative estimate of drug-likeness (QED) is 0.723. The molecule has 0 radical (unpaired) electrons. The molecule has 0 aliphatic carbocycles. The van der Waals surface area contributed by atoms with Gasteiger partial charge in [-0.05, 0) is 36.1 Å². The van der Waals surface area contributed by atoms with Crippen molar-refractivity contribution >= 4 is 17.0 Å². The Morgan fingerprint density at radius 1 is 1.00 bits per heavy atom. The van der Waals surface area contributed by atoms with E-state index in [-0.39, 0.29) is 22.4 Å². The van der Waals surface area contributed by atoms with Crippen LogP contribution in [0, 0.1) is 0 Å². The summed E-state index contributed by atoms with van der Waals surface area (Å²) in [7, 11) is 0. The van der Waals surface area contributed by atoms with Crippen molar-refractivity contribution in [1.82, 2.24) is 4.90 Å². The van der Waals surface area contributed by atoms with Crippen LogP contribution in [-0.2, 0) is 5.41 Å². The zero-order valence-corrected chi connectivity index (χ0v) is 14.2. The lowest BCUT2D eigenvalue weighted by atomic mass is 9.70. The van der Waals surface area contributed by atoms with Crippen LogP contribution in [0.5, 0.6) is 0 Å². The highest BCUT2D eigenvalue weighted by atomic mass is 79.9. The van der Waals surface area contributed by atoms with Crippen LogP contribution in [0.15, 0.2) is 54.6 Å². The molecular formula is C19H22BrN. The van der Waals surface area contributed by atoms with Crippen molar-refractivity contribution in [3.8, 4) is 0 Å². The summed E-state index contributed by atoms with van der Waals surface area (Å²) in [4.78, 5) is 2.69. The third-order valence-corrected chi connectivity index (χ3v) is 5.21. The minimum atomic E-state index is 0. The first kappa shape index (κ1) is 14.8. The average molecular weight is 344 g/mol. The van der Waals surface area contributed by atoms with Crippen LogP contribution in [0.3, 0.4) is 0 Å². The van der Waals surface area contributed by atoms with Gasteiger partial charge >= 0.3 is 0 Å². The molecule has 2 atom stereocenters. The molecule has 0 unspecified atom stereocenters. The third kappa shape index (κ3) is 2.25. The lowest BCUT2D eigenvalue weighted by molar-refractivity contribution is 0.194. The number of hydrogen-bond acceptors (Lipinski definition) is 1. The maximum atomic E-state index is 2.69. The van der Waals surface area contributed by atoms with E-state index in [1.54, 1.807) is 5.56 Å². The second-order valence-corrected chi connectivity index (χ2v) is 6.41. The summed E-state index contributed by atoms with van der Waals surface area (Å²) in [6.07, 6.45) is 2.66. The molecule has 0 amide bonds. The minimum Gasteiger partial charge on any atom is -0.295 e. The lowest BCUT2D eigenvalue weighted by Crippen LogP contribution is -2.44. The first-order chi connectivity index (χ1) is 9.79. The van der Waals surface area contributed by atoms with E-state index in [4.69, 9.17) is 0 Å². The highest BCUT2D eigenvalue weighted by Crippen LogP contribution is 2.47. The van der Waals surface area contributed by atoms with Gasteiger partial charge in [0.1, 0.15) is 0 Å². The molecule has 21 heavy (non-hydrogen) atoms. The van der Waals surface area contributed by atoms with Gasteiger partial charge in [-0.1, -0.05) is 61.5 Å². The monoisotopic (exact) mass is 343 g/mol. The van der Waals surface area contributed by atoms with Gasteiger partial charge in [-0.15, -0.1) is 17.0 Å². The zero-order valence-electron chi connectivity index (χ0n) is 12.5. The fraction of sp³-hybridized carbons (Fsp3) is 0.368. The van der Waals surface area contributed by atoms with E-state index in [0.717, 1.165) is 6.54 Å². The van der Waals surface area contributed by atoms with Crippen molar-refractivity contribution in [3.63, 3.8) is 0 Å². The summed E-state index contributed by atoms with van der Waals surface area (Å²) in [5.41, 5.74) is 4.66. The van der Waals surface area contributed by atoms with Gasteiger partial charge in [0.15, 0.2) is 0 Å². The standard InChI is InChI=1S/C19H21N.BrH/c1-19(15-8-3-2-4-9-15)14-20-13-7-12-18(20)16-10-5-6-11-17(16)19;/h2-6,8-11,18H,7,12-14H2,1H3;1H/t18-,19-;/m0./s1. The summed E-state index contributed by atoms with van der Waals surface area (Å²) >= 11 is 0. The molecule has 0 saturated carbocycles. The molecule has 110 valence electrons. The number of hydrogen-bond donors (Lipinski definition) is 0. The van der Waals surface area contributed by atoms with Crippen LogP contribution in [-0.4, -0.2) is 18.0 Å². The van der Waals surface area contributed by atoms with Crippen molar-refractivity contribution in [2.75, 3.05) is 13.1 Å². The van der Waals surface area contributed by atoms with E-state index < -0.39 is 0 Å². The molecule has 2 aliphatic heterocycles. The summed E-state index contributed by atoms with van der Waals surface area (Å²) in [5.74, 6) is 0. The Morgan fingerprint density at radius 2 is 1.71 bits per heavy atom. The summed E-state index contributed by atoms with van der Waals surface area (Å²) in [5, 5.41) is 0. The summed E-state index contributed by atoms with van der Waals surface area (Å²) in [6.45, 7) is 4.82. The Hall–Kier alpha value is -1.12. The molecule has 0 N–H and O–H groups in total. The van der Waals surface area contributed by atoms with Gasteiger partial charge in [0.2, 0.25) is 0 Å². The molecule has 2 aliphatic rings. The summed E-state index contributed by atoms with van der Waals surface area (Å²) < 4.78 is 0. The summed E-state index contributed by atoms with van der Waals surface area (Å²) in [6, 6.07) is 20.8. The van der Waals surface area contributed by atoms with Gasteiger partial charge in [0.25, 0.3) is 0 Å². The minimum absolute atomic E-state index is 0. The number of nitrogens with zero attached hydrogens (tertiary/aromatic N) is 1. The smallest absolute Gasteiger partial charge is 0.0352 e. The van der Waals surface area contributed by atoms with E-state index in [2.05, 4.69) is 66.4 Å². The van der Waals surface area contributed by atoms with Crippen LogP contribution in [0.4, 0.5) is 0 Å². The highest BCUT2D eigenvalue weighted by Gasteiger charge is 2.42. The molecule has 2 aromatic rings. The van der Waals surface area contributed by atoms with Crippen LogP contribution in [0.1, 0.15) is 42.5 Å². The Morgan fingerprint density at radius 3 is 2.52 bits per heavy atom. The molecule has 4 rings (SSSR count). The van der Waals surface area contributed by atoms with E-state index >= 15 is 0 Å². The van der Waals surface area contributed by atoms with Crippen molar-refractivity contribution in [1.29, 1.82) is 0 Å². The molecule has 2 aromatic carbocycles. The zero-order chi connectivity index (χ0) is 13.6.